The summed E-state index contributed by atoms with van der Waals surface area (Å²) in [7, 11) is 0. The van der Waals surface area contributed by atoms with E-state index in [1.54, 1.807) is 6.07 Å². The van der Waals surface area contributed by atoms with Crippen LogP contribution >= 0.6 is 11.6 Å². The maximum Gasteiger partial charge on any atom is 0.306 e. The van der Waals surface area contributed by atoms with E-state index in [0.29, 0.717) is 41.2 Å². The average molecular weight is 423 g/mol. The molecule has 2 aromatic rings. The first kappa shape index (κ1) is 20.0. The van der Waals surface area contributed by atoms with Crippen LogP contribution in [0.5, 0.6) is 11.5 Å². The summed E-state index contributed by atoms with van der Waals surface area (Å²) in [6, 6.07) is 5.91. The maximum atomic E-state index is 14.5. The van der Waals surface area contributed by atoms with Gasteiger partial charge in [-0.15, -0.1) is 0 Å². The van der Waals surface area contributed by atoms with E-state index in [-0.39, 0.29) is 18.1 Å². The highest BCUT2D eigenvalue weighted by molar-refractivity contribution is 6.30. The van der Waals surface area contributed by atoms with Crippen molar-refractivity contribution in [3.63, 3.8) is 0 Å². The van der Waals surface area contributed by atoms with Gasteiger partial charge in [0.05, 0.1) is 5.92 Å². The highest BCUT2D eigenvalue weighted by Gasteiger charge is 2.43. The van der Waals surface area contributed by atoms with Gasteiger partial charge in [0.2, 0.25) is 0 Å². The van der Waals surface area contributed by atoms with Crippen LogP contribution in [-0.4, -0.2) is 16.7 Å². The molecule has 0 aromatic heterocycles. The molecule has 0 saturated heterocycles. The normalized spacial score (nSPS) is 21.4. The Morgan fingerprint density at radius 1 is 1.28 bits per heavy atom. The van der Waals surface area contributed by atoms with Crippen LogP contribution in [0.1, 0.15) is 37.0 Å². The number of aliphatic carboxylic acids is 1. The molecule has 1 aliphatic heterocycles. The van der Waals surface area contributed by atoms with Crippen LogP contribution in [0.15, 0.2) is 24.3 Å². The number of rotatable bonds is 6. The lowest BCUT2D eigenvalue weighted by molar-refractivity contribution is -0.138. The van der Waals surface area contributed by atoms with E-state index >= 15 is 0 Å². The summed E-state index contributed by atoms with van der Waals surface area (Å²) < 4.78 is 40.4. The molecule has 0 spiro atoms. The van der Waals surface area contributed by atoms with Gasteiger partial charge in [-0.1, -0.05) is 11.6 Å². The molecule has 0 radical (unpaired) electrons. The van der Waals surface area contributed by atoms with Gasteiger partial charge in [0.1, 0.15) is 18.0 Å². The van der Waals surface area contributed by atoms with E-state index in [4.69, 9.17) is 26.2 Å². The van der Waals surface area contributed by atoms with Crippen molar-refractivity contribution in [3.05, 3.63) is 57.6 Å². The second-order valence-corrected chi connectivity index (χ2v) is 8.85. The summed E-state index contributed by atoms with van der Waals surface area (Å²) in [6.45, 7) is 3.83. The fourth-order valence-electron chi connectivity index (χ4n) is 3.95. The van der Waals surface area contributed by atoms with Gasteiger partial charge >= 0.3 is 5.97 Å². The molecule has 29 heavy (non-hydrogen) atoms. The second-order valence-electron chi connectivity index (χ2n) is 8.41. The van der Waals surface area contributed by atoms with E-state index in [1.165, 1.54) is 12.1 Å². The van der Waals surface area contributed by atoms with Crippen molar-refractivity contribution in [1.82, 2.24) is 0 Å². The molecule has 0 amide bonds. The Bertz CT molecular complexity index is 966. The molecule has 1 heterocycles. The third-order valence-corrected chi connectivity index (χ3v) is 5.59. The maximum absolute atomic E-state index is 14.5. The minimum Gasteiger partial charge on any atom is -0.487 e. The molecule has 0 unspecified atom stereocenters. The molecule has 4 nitrogen and oxygen atoms in total. The summed E-state index contributed by atoms with van der Waals surface area (Å²) in [6.07, 6.45) is 1.55. The van der Waals surface area contributed by atoms with E-state index in [2.05, 4.69) is 0 Å². The van der Waals surface area contributed by atoms with Crippen LogP contribution in [0.4, 0.5) is 8.78 Å². The molecule has 2 aromatic carbocycles. The Labute approximate surface area is 172 Å². The van der Waals surface area contributed by atoms with Crippen LogP contribution < -0.4 is 9.47 Å². The van der Waals surface area contributed by atoms with Gasteiger partial charge in [-0.25, -0.2) is 8.78 Å². The van der Waals surface area contributed by atoms with Crippen molar-refractivity contribution in [3.8, 4) is 11.5 Å². The van der Waals surface area contributed by atoms with Gasteiger partial charge in [0.15, 0.2) is 17.4 Å². The zero-order valence-electron chi connectivity index (χ0n) is 16.1. The average Bonchev–Trinajstić information content (AvgIpc) is 3.28. The summed E-state index contributed by atoms with van der Waals surface area (Å²) in [4.78, 5) is 10.9. The minimum atomic E-state index is -0.865. The third-order valence-electron chi connectivity index (χ3n) is 5.37. The molecule has 7 heteroatoms. The van der Waals surface area contributed by atoms with Gasteiger partial charge in [-0.3, -0.25) is 4.79 Å². The molecule has 0 bridgehead atoms. The number of carbonyl (C=O) groups is 1. The zero-order valence-corrected chi connectivity index (χ0v) is 16.9. The topological polar surface area (TPSA) is 55.8 Å². The van der Waals surface area contributed by atoms with Crippen molar-refractivity contribution in [1.29, 1.82) is 0 Å². The van der Waals surface area contributed by atoms with Crippen LogP contribution in [-0.2, 0) is 24.2 Å². The van der Waals surface area contributed by atoms with Gasteiger partial charge in [-0.05, 0) is 68.0 Å². The molecule has 1 saturated carbocycles. The Kier molecular flexibility index (Phi) is 4.93. The summed E-state index contributed by atoms with van der Waals surface area (Å²) in [5.74, 6) is -2.82. The largest absolute Gasteiger partial charge is 0.487 e. The lowest BCUT2D eigenvalue weighted by Gasteiger charge is -2.18. The Balaban J connectivity index is 1.49. The van der Waals surface area contributed by atoms with Gasteiger partial charge < -0.3 is 14.6 Å². The van der Waals surface area contributed by atoms with E-state index in [1.807, 2.05) is 19.9 Å². The number of fused-ring (bicyclic) bond motifs is 1. The van der Waals surface area contributed by atoms with Crippen molar-refractivity contribution in [2.24, 2.45) is 11.8 Å². The Morgan fingerprint density at radius 2 is 1.97 bits per heavy atom. The molecule has 154 valence electrons. The fraction of sp³-hybridized carbons (Fsp3) is 0.409. The molecular weight excluding hydrogens is 402 g/mol. The number of benzene rings is 2. The first-order valence-corrected chi connectivity index (χ1v) is 9.84. The molecule has 1 N–H and O–H groups in total. The monoisotopic (exact) mass is 422 g/mol. The first-order valence-electron chi connectivity index (χ1n) is 9.47. The smallest absolute Gasteiger partial charge is 0.306 e. The highest BCUT2D eigenvalue weighted by atomic mass is 35.5. The van der Waals surface area contributed by atoms with Crippen LogP contribution in [0.2, 0.25) is 5.02 Å². The summed E-state index contributed by atoms with van der Waals surface area (Å²) in [5.41, 5.74) is 1.61. The lowest BCUT2D eigenvalue weighted by atomic mass is 10.0. The predicted octanol–water partition coefficient (Wildman–Crippen LogP) is 5.17. The zero-order chi connectivity index (χ0) is 20.9. The quantitative estimate of drug-likeness (QED) is 0.697. The number of hydrogen-bond donors (Lipinski definition) is 1. The van der Waals surface area contributed by atoms with Crippen LogP contribution in [0, 0.1) is 23.5 Å². The molecule has 1 fully saturated rings. The first-order chi connectivity index (χ1) is 13.6. The number of ether oxygens (including phenoxy) is 2. The SMILES string of the molecule is CC1(C)Cc2cc(Cl)cc(COc3c(F)cc(C[C@@H]4C[C@H]4C(=O)O)cc3F)c2O1. The number of hydrogen-bond acceptors (Lipinski definition) is 3. The van der Waals surface area contributed by atoms with Crippen molar-refractivity contribution in [2.75, 3.05) is 0 Å². The van der Waals surface area contributed by atoms with Crippen molar-refractivity contribution >= 4 is 17.6 Å². The molecule has 4 rings (SSSR count). The second kappa shape index (κ2) is 7.17. The fourth-order valence-corrected chi connectivity index (χ4v) is 4.21. The molecular formula is C22H21ClF2O4. The number of carboxylic acids is 1. The van der Waals surface area contributed by atoms with Crippen LogP contribution in [0.25, 0.3) is 0 Å². The van der Waals surface area contributed by atoms with Crippen molar-refractivity contribution < 1.29 is 28.2 Å². The minimum absolute atomic E-state index is 0.0763. The van der Waals surface area contributed by atoms with Gasteiger partial charge in [0.25, 0.3) is 0 Å². The van der Waals surface area contributed by atoms with Gasteiger partial charge in [-0.2, -0.15) is 0 Å². The summed E-state index contributed by atoms with van der Waals surface area (Å²) >= 11 is 6.17. The highest BCUT2D eigenvalue weighted by Crippen LogP contribution is 2.42. The Hall–Kier alpha value is -2.34. The van der Waals surface area contributed by atoms with E-state index < -0.39 is 29.3 Å². The van der Waals surface area contributed by atoms with Crippen molar-refractivity contribution in [2.45, 2.75) is 45.3 Å². The molecule has 2 atom stereocenters. The Morgan fingerprint density at radius 3 is 2.59 bits per heavy atom. The summed E-state index contributed by atoms with van der Waals surface area (Å²) in [5, 5.41) is 9.48. The molecule has 2 aliphatic rings. The number of carboxylic acid groups (broad SMARTS) is 1. The standard InChI is InChI=1S/C22H21ClF2O4/c1-22(2)9-13-6-15(23)7-14(19(13)29-22)10-28-20-17(24)4-11(5-18(20)25)3-12-8-16(12)21(26)27/h4-7,12,16H,3,8-10H2,1-2H3,(H,26,27)/t12-,16-/m1/s1. The number of halogens is 3. The van der Waals surface area contributed by atoms with Crippen LogP contribution in [0.3, 0.4) is 0 Å². The van der Waals surface area contributed by atoms with E-state index in [9.17, 15) is 13.6 Å². The third kappa shape index (κ3) is 4.17. The van der Waals surface area contributed by atoms with Gasteiger partial charge in [0, 0.05) is 17.0 Å². The lowest BCUT2D eigenvalue weighted by Crippen LogP contribution is -2.25. The predicted molar refractivity (Wildman–Crippen MR) is 103 cm³/mol. The molecule has 1 aliphatic carbocycles. The van der Waals surface area contributed by atoms with E-state index in [0.717, 1.165) is 5.56 Å².